The van der Waals surface area contributed by atoms with Crippen molar-refractivity contribution in [3.8, 4) is 5.75 Å². The first-order valence-corrected chi connectivity index (χ1v) is 11.7. The average molecular weight is 460 g/mol. The highest BCUT2D eigenvalue weighted by atomic mass is 16.5. The van der Waals surface area contributed by atoms with Gasteiger partial charge in [0, 0.05) is 32.4 Å². The molecule has 5 rings (SSSR count). The summed E-state index contributed by atoms with van der Waals surface area (Å²) in [4.78, 5) is 33.6. The summed E-state index contributed by atoms with van der Waals surface area (Å²) in [5, 5.41) is 0. The van der Waals surface area contributed by atoms with Crippen molar-refractivity contribution in [2.75, 3.05) is 18.1 Å². The summed E-state index contributed by atoms with van der Waals surface area (Å²) in [5.74, 6) is 1.80. The largest absolute Gasteiger partial charge is 0.494 e. The Hall–Kier alpha value is -3.81. The number of nitrogens with zero attached hydrogens (tertiary/aromatic N) is 5. The van der Waals surface area contributed by atoms with Crippen LogP contribution in [0.15, 0.2) is 64.2 Å². The second-order valence-electron chi connectivity index (χ2n) is 8.87. The third kappa shape index (κ3) is 3.79. The van der Waals surface area contributed by atoms with Crippen LogP contribution < -0.4 is 20.9 Å². The zero-order valence-electron chi connectivity index (χ0n) is 19.8. The van der Waals surface area contributed by atoms with Crippen LogP contribution in [0.3, 0.4) is 0 Å². The van der Waals surface area contributed by atoms with Gasteiger partial charge in [0.15, 0.2) is 11.2 Å². The minimum Gasteiger partial charge on any atom is -0.494 e. The number of fused-ring (bicyclic) bond motifs is 3. The Kier molecular flexibility index (Phi) is 5.73. The molecule has 0 saturated heterocycles. The van der Waals surface area contributed by atoms with E-state index in [0.29, 0.717) is 49.1 Å². The molecular weight excluding hydrogens is 430 g/mol. The minimum absolute atomic E-state index is 0.284. The highest BCUT2D eigenvalue weighted by Gasteiger charge is 2.29. The molecule has 0 unspecified atom stereocenters. The van der Waals surface area contributed by atoms with Gasteiger partial charge in [-0.1, -0.05) is 37.3 Å². The molecule has 1 aliphatic heterocycles. The molecule has 34 heavy (non-hydrogen) atoms. The Labute approximate surface area is 197 Å². The fourth-order valence-corrected chi connectivity index (χ4v) is 4.69. The molecule has 0 N–H and O–H groups in total. The molecule has 1 aliphatic rings. The van der Waals surface area contributed by atoms with E-state index in [0.717, 1.165) is 23.5 Å². The van der Waals surface area contributed by atoms with Gasteiger partial charge in [-0.3, -0.25) is 13.9 Å². The first-order valence-electron chi connectivity index (χ1n) is 11.7. The van der Waals surface area contributed by atoms with Crippen LogP contribution in [0.1, 0.15) is 19.4 Å². The van der Waals surface area contributed by atoms with E-state index in [-0.39, 0.29) is 11.2 Å². The lowest BCUT2D eigenvalue weighted by atomic mass is 10.1. The number of rotatable bonds is 6. The molecule has 2 aromatic heterocycles. The van der Waals surface area contributed by atoms with E-state index in [1.54, 1.807) is 7.05 Å². The van der Waals surface area contributed by atoms with E-state index in [9.17, 15) is 9.59 Å². The fourth-order valence-electron chi connectivity index (χ4n) is 4.69. The van der Waals surface area contributed by atoms with Crippen molar-refractivity contribution in [2.24, 2.45) is 13.0 Å². The van der Waals surface area contributed by atoms with E-state index in [1.807, 2.05) is 66.1 Å². The van der Waals surface area contributed by atoms with Crippen molar-refractivity contribution in [3.63, 3.8) is 0 Å². The Morgan fingerprint density at radius 1 is 1.03 bits per heavy atom. The number of imidazole rings is 1. The average Bonchev–Trinajstić information content (AvgIpc) is 3.23. The van der Waals surface area contributed by atoms with Crippen molar-refractivity contribution in [1.29, 1.82) is 0 Å². The Balaban J connectivity index is 1.60. The maximum Gasteiger partial charge on any atom is 0.332 e. The number of hydrogen-bond donors (Lipinski definition) is 0. The maximum atomic E-state index is 13.6. The van der Waals surface area contributed by atoms with Gasteiger partial charge in [0.1, 0.15) is 5.75 Å². The summed E-state index contributed by atoms with van der Waals surface area (Å²) in [6.07, 6.45) is 0.608. The first-order chi connectivity index (χ1) is 16.5. The van der Waals surface area contributed by atoms with Crippen molar-refractivity contribution in [1.82, 2.24) is 18.7 Å². The van der Waals surface area contributed by atoms with Crippen molar-refractivity contribution in [3.05, 3.63) is 81.0 Å². The molecule has 3 heterocycles. The van der Waals surface area contributed by atoms with E-state index < -0.39 is 0 Å². The summed E-state index contributed by atoms with van der Waals surface area (Å²) in [7, 11) is 1.69. The number of benzene rings is 2. The lowest BCUT2D eigenvalue weighted by Gasteiger charge is -2.33. The highest BCUT2D eigenvalue weighted by Crippen LogP contribution is 2.33. The molecule has 1 atom stereocenters. The summed E-state index contributed by atoms with van der Waals surface area (Å²) in [6.45, 7) is 6.50. The second-order valence-corrected chi connectivity index (χ2v) is 8.87. The first kappa shape index (κ1) is 22.0. The summed E-state index contributed by atoms with van der Waals surface area (Å²) < 4.78 is 10.4. The van der Waals surface area contributed by atoms with E-state index in [2.05, 4.69) is 11.8 Å². The molecule has 8 heteroatoms. The summed E-state index contributed by atoms with van der Waals surface area (Å²) >= 11 is 0. The predicted octanol–water partition coefficient (Wildman–Crippen LogP) is 3.33. The van der Waals surface area contributed by atoms with Crippen molar-refractivity contribution in [2.45, 2.75) is 33.4 Å². The van der Waals surface area contributed by atoms with Crippen LogP contribution in [0.5, 0.6) is 5.75 Å². The van der Waals surface area contributed by atoms with Crippen LogP contribution in [0.2, 0.25) is 0 Å². The van der Waals surface area contributed by atoms with E-state index in [1.165, 1.54) is 9.13 Å². The number of aromatic nitrogens is 4. The van der Waals surface area contributed by atoms with E-state index >= 15 is 0 Å². The van der Waals surface area contributed by atoms with Gasteiger partial charge in [-0.25, -0.2) is 4.79 Å². The van der Waals surface area contributed by atoms with Gasteiger partial charge in [0.25, 0.3) is 5.56 Å². The van der Waals surface area contributed by atoms with Crippen molar-refractivity contribution >= 4 is 22.8 Å². The SMILES string of the molecule is CCOc1ccc(N2C[C@@H](C)Cn3c2nc2c3c(=O)n(CCc3ccccc3)c(=O)n2C)cc1. The number of ether oxygens (including phenoxy) is 1. The molecular formula is C26H29N5O3. The van der Waals surface area contributed by atoms with Gasteiger partial charge in [-0.05, 0) is 49.1 Å². The smallest absolute Gasteiger partial charge is 0.332 e. The lowest BCUT2D eigenvalue weighted by Crippen LogP contribution is -2.40. The topological polar surface area (TPSA) is 74.3 Å². The Bertz CT molecular complexity index is 1430. The fraction of sp³-hybridized carbons (Fsp3) is 0.346. The van der Waals surface area contributed by atoms with Gasteiger partial charge < -0.3 is 14.2 Å². The molecule has 176 valence electrons. The number of hydrogen-bond acceptors (Lipinski definition) is 5. The van der Waals surface area contributed by atoms with Gasteiger partial charge in [0.2, 0.25) is 5.95 Å². The molecule has 0 aliphatic carbocycles. The normalized spacial score (nSPS) is 15.5. The molecule has 0 bridgehead atoms. The maximum absolute atomic E-state index is 13.6. The molecule has 8 nitrogen and oxygen atoms in total. The molecule has 2 aromatic carbocycles. The standard InChI is InChI=1S/C26H29N5O3/c1-4-34-21-12-10-20(11-13-21)30-16-18(2)17-31-22-23(27-25(30)31)28(3)26(33)29(24(22)32)15-14-19-8-6-5-7-9-19/h5-13,18H,4,14-17H2,1-3H3/t18-/m1/s1. The molecule has 0 spiro atoms. The van der Waals surface area contributed by atoms with Crippen LogP contribution in [-0.4, -0.2) is 31.8 Å². The number of aryl methyl sites for hydroxylation is 2. The van der Waals surface area contributed by atoms with Crippen LogP contribution in [0.25, 0.3) is 11.2 Å². The second kappa shape index (κ2) is 8.85. The molecule has 0 amide bonds. The van der Waals surface area contributed by atoms with Gasteiger partial charge in [0.05, 0.1) is 6.61 Å². The van der Waals surface area contributed by atoms with Gasteiger partial charge in [-0.2, -0.15) is 4.98 Å². The predicted molar refractivity (Wildman–Crippen MR) is 133 cm³/mol. The summed E-state index contributed by atoms with van der Waals surface area (Å²) in [6, 6.07) is 17.8. The van der Waals surface area contributed by atoms with Crippen LogP contribution >= 0.6 is 0 Å². The van der Waals surface area contributed by atoms with Gasteiger partial charge in [-0.15, -0.1) is 0 Å². The van der Waals surface area contributed by atoms with Crippen LogP contribution in [0.4, 0.5) is 11.6 Å². The number of anilines is 2. The van der Waals surface area contributed by atoms with Crippen LogP contribution in [0, 0.1) is 5.92 Å². The molecule has 0 saturated carbocycles. The minimum atomic E-state index is -0.343. The molecule has 4 aromatic rings. The Morgan fingerprint density at radius 3 is 2.47 bits per heavy atom. The third-order valence-electron chi connectivity index (χ3n) is 6.37. The Morgan fingerprint density at radius 2 is 1.76 bits per heavy atom. The lowest BCUT2D eigenvalue weighted by molar-refractivity contribution is 0.340. The van der Waals surface area contributed by atoms with Crippen LogP contribution in [-0.2, 0) is 26.6 Å². The zero-order chi connectivity index (χ0) is 23.8. The molecule has 0 fully saturated rings. The van der Waals surface area contributed by atoms with E-state index in [4.69, 9.17) is 9.72 Å². The monoisotopic (exact) mass is 459 g/mol. The zero-order valence-corrected chi connectivity index (χ0v) is 19.8. The highest BCUT2D eigenvalue weighted by molar-refractivity contribution is 5.77. The molecule has 0 radical (unpaired) electrons. The quantitative estimate of drug-likeness (QED) is 0.442. The summed E-state index contributed by atoms with van der Waals surface area (Å²) in [5.41, 5.74) is 2.33. The third-order valence-corrected chi connectivity index (χ3v) is 6.37. The van der Waals surface area contributed by atoms with Crippen molar-refractivity contribution < 1.29 is 4.74 Å². The van der Waals surface area contributed by atoms with Gasteiger partial charge >= 0.3 is 5.69 Å².